The summed E-state index contributed by atoms with van der Waals surface area (Å²) in [6, 6.07) is 10.3. The number of alkyl halides is 3. The van der Waals surface area contributed by atoms with Crippen LogP contribution in [0.1, 0.15) is 5.56 Å². The number of nitrogens with zero attached hydrogens (tertiary/aromatic N) is 2. The van der Waals surface area contributed by atoms with E-state index in [2.05, 4.69) is 4.98 Å². The highest BCUT2D eigenvalue weighted by molar-refractivity contribution is 6.31. The summed E-state index contributed by atoms with van der Waals surface area (Å²) >= 11 is 5.60. The van der Waals surface area contributed by atoms with Gasteiger partial charge in [-0.1, -0.05) is 23.7 Å². The van der Waals surface area contributed by atoms with Crippen molar-refractivity contribution >= 4 is 29.2 Å². The second-order valence-electron chi connectivity index (χ2n) is 6.20. The maximum atomic E-state index is 13.5. The van der Waals surface area contributed by atoms with Crippen molar-refractivity contribution in [1.82, 2.24) is 4.98 Å². The van der Waals surface area contributed by atoms with Gasteiger partial charge in [0.1, 0.15) is 17.4 Å². The third kappa shape index (κ3) is 4.62. The van der Waals surface area contributed by atoms with E-state index in [-0.39, 0.29) is 17.3 Å². The van der Waals surface area contributed by atoms with Gasteiger partial charge in [-0.2, -0.15) is 13.2 Å². The zero-order valence-corrected chi connectivity index (χ0v) is 16.1. The summed E-state index contributed by atoms with van der Waals surface area (Å²) in [5, 5.41) is -0.484. The van der Waals surface area contributed by atoms with Crippen molar-refractivity contribution in [2.24, 2.45) is 0 Å². The molecule has 3 rings (SSSR count). The van der Waals surface area contributed by atoms with Crippen LogP contribution in [0.25, 0.3) is 11.1 Å². The van der Waals surface area contributed by atoms with Gasteiger partial charge in [-0.25, -0.2) is 14.2 Å². The van der Waals surface area contributed by atoms with Gasteiger partial charge in [0, 0.05) is 18.3 Å². The van der Waals surface area contributed by atoms with Crippen molar-refractivity contribution in [2.45, 2.75) is 6.18 Å². The van der Waals surface area contributed by atoms with E-state index in [9.17, 15) is 22.4 Å². The Balaban J connectivity index is 1.84. The number of anilines is 2. The molecule has 0 saturated carbocycles. The van der Waals surface area contributed by atoms with E-state index in [1.165, 1.54) is 31.3 Å². The molecule has 0 unspecified atom stereocenters. The van der Waals surface area contributed by atoms with Crippen LogP contribution in [0.2, 0.25) is 5.02 Å². The Morgan fingerprint density at radius 3 is 2.60 bits per heavy atom. The molecule has 5 nitrogen and oxygen atoms in total. The van der Waals surface area contributed by atoms with Gasteiger partial charge in [-0.3, -0.25) is 4.90 Å². The minimum absolute atomic E-state index is 0.0635. The number of amides is 1. The minimum Gasteiger partial charge on any atom is -0.410 e. The van der Waals surface area contributed by atoms with Gasteiger partial charge in [0.25, 0.3) is 0 Å². The highest BCUT2D eigenvalue weighted by Crippen LogP contribution is 2.37. The number of ether oxygens (including phenoxy) is 1. The maximum Gasteiger partial charge on any atom is 0.419 e. The van der Waals surface area contributed by atoms with Gasteiger partial charge in [-0.05, 0) is 42.0 Å². The van der Waals surface area contributed by atoms with Crippen LogP contribution in [0, 0.1) is 5.82 Å². The summed E-state index contributed by atoms with van der Waals surface area (Å²) in [4.78, 5) is 17.1. The van der Waals surface area contributed by atoms with Crippen LogP contribution in [-0.2, 0) is 6.18 Å². The number of hydrogen-bond donors (Lipinski definition) is 1. The fraction of sp³-hybridized carbons (Fsp3) is 0.100. The third-order valence-electron chi connectivity index (χ3n) is 4.15. The quantitative estimate of drug-likeness (QED) is 0.525. The molecule has 156 valence electrons. The lowest BCUT2D eigenvalue weighted by Gasteiger charge is -2.19. The number of halogens is 5. The molecule has 0 bridgehead atoms. The molecular formula is C20H14ClF4N3O2. The molecule has 30 heavy (non-hydrogen) atoms. The lowest BCUT2D eigenvalue weighted by atomic mass is 10.1. The van der Waals surface area contributed by atoms with Crippen molar-refractivity contribution in [3.05, 3.63) is 71.1 Å². The summed E-state index contributed by atoms with van der Waals surface area (Å²) in [6.45, 7) is 0. The van der Waals surface area contributed by atoms with Gasteiger partial charge < -0.3 is 10.5 Å². The number of rotatable bonds is 3. The first kappa shape index (κ1) is 21.4. The molecule has 0 aliphatic heterocycles. The number of pyridine rings is 1. The molecule has 0 atom stereocenters. The lowest BCUT2D eigenvalue weighted by molar-refractivity contribution is -0.137. The molecule has 2 aromatic carbocycles. The number of nitrogen functional groups attached to an aromatic ring is 1. The second-order valence-corrected chi connectivity index (χ2v) is 6.61. The van der Waals surface area contributed by atoms with Crippen LogP contribution in [0.15, 0.2) is 54.7 Å². The van der Waals surface area contributed by atoms with E-state index in [4.69, 9.17) is 22.1 Å². The SMILES string of the molecule is CN(C(=O)Oc1cccc(-c2cc(F)cnc2N)c1)c1ccc(Cl)c(C(F)(F)F)c1. The van der Waals surface area contributed by atoms with Crippen molar-refractivity contribution in [3.8, 4) is 16.9 Å². The maximum absolute atomic E-state index is 13.5. The normalized spacial score (nSPS) is 11.3. The van der Waals surface area contributed by atoms with Crippen LogP contribution in [0.3, 0.4) is 0 Å². The Morgan fingerprint density at radius 1 is 1.17 bits per heavy atom. The topological polar surface area (TPSA) is 68.5 Å². The standard InChI is InChI=1S/C20H14ClF4N3O2/c1-28(13-5-6-17(21)16(9-13)20(23,24)25)19(29)30-14-4-2-3-11(7-14)15-8-12(22)10-27-18(15)26/h2-10H,1H3,(H2,26,27). The van der Waals surface area contributed by atoms with E-state index in [1.807, 2.05) is 0 Å². The Labute approximate surface area is 173 Å². The third-order valence-corrected chi connectivity index (χ3v) is 4.48. The van der Waals surface area contributed by atoms with Crippen LogP contribution < -0.4 is 15.4 Å². The molecule has 0 aliphatic rings. The zero-order valence-electron chi connectivity index (χ0n) is 15.4. The fourth-order valence-electron chi connectivity index (χ4n) is 2.62. The van der Waals surface area contributed by atoms with Gasteiger partial charge >= 0.3 is 12.3 Å². The first-order valence-corrected chi connectivity index (χ1v) is 8.78. The van der Waals surface area contributed by atoms with Gasteiger partial charge in [0.15, 0.2) is 0 Å². The van der Waals surface area contributed by atoms with Gasteiger partial charge in [0.2, 0.25) is 0 Å². The Hall–Kier alpha value is -3.33. The van der Waals surface area contributed by atoms with Crippen LogP contribution in [0.4, 0.5) is 33.9 Å². The van der Waals surface area contributed by atoms with E-state index in [0.29, 0.717) is 11.1 Å². The number of carbonyl (C=O) groups is 1. The smallest absolute Gasteiger partial charge is 0.410 e. The molecule has 1 amide bonds. The van der Waals surface area contributed by atoms with E-state index >= 15 is 0 Å². The largest absolute Gasteiger partial charge is 0.419 e. The molecule has 2 N–H and O–H groups in total. The first-order valence-electron chi connectivity index (χ1n) is 8.40. The summed E-state index contributed by atoms with van der Waals surface area (Å²) in [5.41, 5.74) is 5.37. The Bertz CT molecular complexity index is 1110. The first-order chi connectivity index (χ1) is 14.1. The average Bonchev–Trinajstić information content (AvgIpc) is 2.69. The highest BCUT2D eigenvalue weighted by atomic mass is 35.5. The molecule has 0 spiro atoms. The molecular weight excluding hydrogens is 426 g/mol. The minimum atomic E-state index is -4.68. The molecule has 3 aromatic rings. The molecule has 0 fully saturated rings. The molecule has 1 aromatic heterocycles. The number of carbonyl (C=O) groups excluding carboxylic acids is 1. The van der Waals surface area contributed by atoms with Crippen LogP contribution in [0.5, 0.6) is 5.75 Å². The van der Waals surface area contributed by atoms with Gasteiger partial charge in [0.05, 0.1) is 16.8 Å². The molecule has 0 radical (unpaired) electrons. The van der Waals surface area contributed by atoms with E-state index in [0.717, 1.165) is 23.2 Å². The summed E-state index contributed by atoms with van der Waals surface area (Å²) in [5.74, 6) is -0.430. The molecule has 0 aliphatic carbocycles. The predicted molar refractivity (Wildman–Crippen MR) is 105 cm³/mol. The fourth-order valence-corrected chi connectivity index (χ4v) is 2.85. The summed E-state index contributed by atoms with van der Waals surface area (Å²) in [6.07, 6.45) is -4.64. The number of aromatic nitrogens is 1. The molecule has 10 heteroatoms. The molecule has 0 saturated heterocycles. The van der Waals surface area contributed by atoms with Gasteiger partial charge in [-0.15, -0.1) is 0 Å². The van der Waals surface area contributed by atoms with Crippen LogP contribution >= 0.6 is 11.6 Å². The monoisotopic (exact) mass is 439 g/mol. The predicted octanol–water partition coefficient (Wildman–Crippen LogP) is 5.78. The highest BCUT2D eigenvalue weighted by Gasteiger charge is 2.34. The zero-order chi connectivity index (χ0) is 22.1. The van der Waals surface area contributed by atoms with Crippen molar-refractivity contribution in [3.63, 3.8) is 0 Å². The van der Waals surface area contributed by atoms with Crippen LogP contribution in [-0.4, -0.2) is 18.1 Å². The average molecular weight is 440 g/mol. The summed E-state index contributed by atoms with van der Waals surface area (Å²) in [7, 11) is 1.25. The Kier molecular flexibility index (Phi) is 5.84. The lowest BCUT2D eigenvalue weighted by Crippen LogP contribution is -2.29. The van der Waals surface area contributed by atoms with Crippen molar-refractivity contribution < 1.29 is 27.1 Å². The van der Waals surface area contributed by atoms with Crippen molar-refractivity contribution in [1.29, 1.82) is 0 Å². The number of hydrogen-bond acceptors (Lipinski definition) is 4. The summed E-state index contributed by atoms with van der Waals surface area (Å²) < 4.78 is 57.9. The second kappa shape index (κ2) is 8.19. The Morgan fingerprint density at radius 2 is 1.90 bits per heavy atom. The van der Waals surface area contributed by atoms with E-state index < -0.39 is 28.7 Å². The number of nitrogens with two attached hydrogens (primary N) is 1. The number of benzene rings is 2. The van der Waals surface area contributed by atoms with Crippen molar-refractivity contribution in [2.75, 3.05) is 17.7 Å². The van der Waals surface area contributed by atoms with E-state index in [1.54, 1.807) is 12.1 Å². The molecule has 1 heterocycles.